The smallest absolute Gasteiger partial charge is 0.335 e. The summed E-state index contributed by atoms with van der Waals surface area (Å²) in [6.45, 7) is 41.2. The van der Waals surface area contributed by atoms with E-state index in [1.165, 1.54) is 68.8 Å². The van der Waals surface area contributed by atoms with Crippen LogP contribution in [0.1, 0.15) is 191 Å². The molecule has 0 amide bonds. The van der Waals surface area contributed by atoms with Gasteiger partial charge in [-0.2, -0.15) is 0 Å². The second-order valence-corrected chi connectivity index (χ2v) is 12.6. The van der Waals surface area contributed by atoms with Crippen LogP contribution in [-0.2, 0) is 0 Å². The van der Waals surface area contributed by atoms with Crippen LogP contribution >= 0.6 is 0 Å². The molecule has 0 spiro atoms. The summed E-state index contributed by atoms with van der Waals surface area (Å²) < 4.78 is 0. The summed E-state index contributed by atoms with van der Waals surface area (Å²) in [6.07, 6.45) is 20.4. The van der Waals surface area contributed by atoms with E-state index < -0.39 is 5.97 Å². The minimum atomic E-state index is -0.865. The van der Waals surface area contributed by atoms with Gasteiger partial charge in [0.25, 0.3) is 0 Å². The second-order valence-electron chi connectivity index (χ2n) is 12.6. The van der Waals surface area contributed by atoms with Gasteiger partial charge in [0.05, 0.1) is 22.3 Å². The lowest BCUT2D eigenvalue weighted by molar-refractivity contribution is -0.001000. The van der Waals surface area contributed by atoms with Crippen molar-refractivity contribution < 1.29 is 34.7 Å². The zero-order valence-corrected chi connectivity index (χ0v) is 36.0. The van der Waals surface area contributed by atoms with Crippen molar-refractivity contribution in [1.29, 1.82) is 0 Å². The van der Waals surface area contributed by atoms with E-state index in [0.29, 0.717) is 23.3 Å². The number of nitrogens with zero attached hydrogens (tertiary/aromatic N) is 2. The first-order valence-electron chi connectivity index (χ1n) is 18.9. The highest BCUT2D eigenvalue weighted by Gasteiger charge is 2.15. The van der Waals surface area contributed by atoms with E-state index in [9.17, 15) is 4.79 Å². The predicted molar refractivity (Wildman–Crippen MR) is 280 cm³/mol. The summed E-state index contributed by atoms with van der Waals surface area (Å²) in [5.74, 6) is 0.978. The van der Waals surface area contributed by atoms with Gasteiger partial charge in [-0.1, -0.05) is 162 Å². The molecule has 0 fully saturated rings. The molecule has 0 bridgehead atoms. The molecule has 362 valence electrons. The summed E-state index contributed by atoms with van der Waals surface area (Å²) in [6, 6.07) is 7.09. The van der Waals surface area contributed by atoms with Gasteiger partial charge in [0, 0.05) is 66.7 Å². The van der Waals surface area contributed by atoms with Crippen molar-refractivity contribution in [2.75, 3.05) is 39.3 Å². The van der Waals surface area contributed by atoms with Gasteiger partial charge in [0.1, 0.15) is 0 Å². The molecule has 60 heavy (non-hydrogen) atoms. The van der Waals surface area contributed by atoms with Crippen LogP contribution in [0.2, 0.25) is 0 Å². The van der Waals surface area contributed by atoms with Crippen molar-refractivity contribution in [2.24, 2.45) is 11.8 Å². The molecule has 3 rings (SSSR count). The molecule has 1 aromatic rings. The fourth-order valence-corrected chi connectivity index (χ4v) is 4.75. The van der Waals surface area contributed by atoms with Crippen LogP contribution in [0.5, 0.6) is 0 Å². The average Bonchev–Trinajstić information content (AvgIpc) is 3.13. The molecule has 0 saturated heterocycles. The van der Waals surface area contributed by atoms with Crippen molar-refractivity contribution in [3.8, 4) is 0 Å². The largest absolute Gasteiger partial charge is 1.00 e. The van der Waals surface area contributed by atoms with Crippen LogP contribution in [0.15, 0.2) is 96.2 Å². The quantitative estimate of drug-likeness (QED) is 0.200. The average molecular weight is 890 g/mol. The molecule has 1 N–H and O–H groups in total. The molecule has 3 unspecified atom stereocenters. The Morgan fingerprint density at radius 1 is 0.583 bits per heavy atom. The van der Waals surface area contributed by atoms with Gasteiger partial charge >= 0.3 is 5.97 Å². The lowest BCUT2D eigenvalue weighted by Crippen LogP contribution is -3.00. The highest BCUT2D eigenvalue weighted by Crippen LogP contribution is 2.23. The summed E-state index contributed by atoms with van der Waals surface area (Å²) in [4.78, 5) is 15.3. The van der Waals surface area contributed by atoms with E-state index in [4.69, 9.17) is 5.11 Å². The van der Waals surface area contributed by atoms with Gasteiger partial charge < -0.3 is 39.7 Å². The van der Waals surface area contributed by atoms with Crippen molar-refractivity contribution in [3.05, 3.63) is 120 Å². The number of carboxylic acid groups (broad SMARTS) is 1. The molecule has 6 heteroatoms. The molecule has 4 nitrogen and oxygen atoms in total. The molecule has 1 aromatic carbocycles. The number of carbonyl (C=O) groups is 1. The van der Waals surface area contributed by atoms with Crippen LogP contribution in [0.25, 0.3) is 0 Å². The van der Waals surface area contributed by atoms with E-state index >= 15 is 0 Å². The SMILES string of the molecule is C.C.C.C.C.C.C.C.C.C=C1C=CC(C(C)CC)=C[CH+]1.C=C1C=C[CH+]C(C(C)CC)=C1.CCC(C)c1ccc(C(=O)O)cc1.CCN(CC)CC.CCN(CC)CC.[Cl-].[Cl-]. The predicted octanol–water partition coefficient (Wildman–Crippen LogP) is 11.9. The first kappa shape index (κ1) is 92.6. The molecule has 0 aliphatic heterocycles. The lowest BCUT2D eigenvalue weighted by atomic mass is 9.91. The zero-order valence-electron chi connectivity index (χ0n) is 34.4. The van der Waals surface area contributed by atoms with Gasteiger partial charge in [0.2, 0.25) is 0 Å². The summed E-state index contributed by atoms with van der Waals surface area (Å²) in [5, 5.41) is 8.67. The maximum absolute atomic E-state index is 10.6. The third kappa shape index (κ3) is 43.5. The highest BCUT2D eigenvalue weighted by atomic mass is 35.5. The van der Waals surface area contributed by atoms with Crippen molar-refractivity contribution >= 4 is 5.97 Å². The van der Waals surface area contributed by atoms with Crippen LogP contribution in [-0.4, -0.2) is 60.1 Å². The fourth-order valence-electron chi connectivity index (χ4n) is 4.75. The third-order valence-electron chi connectivity index (χ3n) is 9.32. The van der Waals surface area contributed by atoms with Crippen LogP contribution < -0.4 is 24.8 Å². The topological polar surface area (TPSA) is 43.8 Å². The van der Waals surface area contributed by atoms with E-state index in [0.717, 1.165) is 17.6 Å². The number of allylic oxidation sites excluding steroid dienone is 10. The van der Waals surface area contributed by atoms with Gasteiger partial charge in [-0.25, -0.2) is 4.79 Å². The minimum absolute atomic E-state index is 0. The van der Waals surface area contributed by atoms with Gasteiger partial charge in [-0.05, 0) is 95.6 Å². The van der Waals surface area contributed by atoms with Gasteiger partial charge in [-0.3, -0.25) is 0 Å². The Morgan fingerprint density at radius 3 is 1.23 bits per heavy atom. The standard InChI is InChI=1S/C11H14O2.2C11H15.2C6H15N.9CH4.2ClH/c1-3-8(2)9-4-6-10(7-5-9)11(12)13;1-4-10(3)11-7-5-9(2)6-8-11;1-4-10(3)11-7-5-6-9(2)8-11;2*1-4-7(5-2)6-3;;;;;;;;;;;/h4-8H,3H2,1-2H3,(H,12,13);2*5-8,10H,2,4H2,1,3H3;2*4-6H2,1-3H3;9*1H4;2*1H/q;2*+1;;;;;;;;;;;;;/p-2. The van der Waals surface area contributed by atoms with E-state index in [1.54, 1.807) is 12.1 Å². The molecule has 3 atom stereocenters. The van der Waals surface area contributed by atoms with Gasteiger partial charge in [-0.15, -0.1) is 0 Å². The number of aromatic carboxylic acids is 1. The molecule has 2 aliphatic carbocycles. The van der Waals surface area contributed by atoms with E-state index in [2.05, 4.69) is 149 Å². The molecule has 0 saturated carbocycles. The Bertz CT molecular complexity index is 1140. The molecule has 0 radical (unpaired) electrons. The van der Waals surface area contributed by atoms with Crippen LogP contribution in [0.3, 0.4) is 0 Å². The Hall–Kier alpha value is -2.63. The number of halogens is 2. The summed E-state index contributed by atoms with van der Waals surface area (Å²) in [5.41, 5.74) is 6.58. The maximum atomic E-state index is 10.6. The Kier molecular flexibility index (Phi) is 90.2. The molecule has 0 aromatic heterocycles. The number of hydrogen-bond donors (Lipinski definition) is 1. The highest BCUT2D eigenvalue weighted by molar-refractivity contribution is 5.87. The molecule has 0 heterocycles. The third-order valence-corrected chi connectivity index (χ3v) is 9.32. The number of benzene rings is 1. The Balaban J connectivity index is -0.0000000407. The zero-order chi connectivity index (χ0) is 37.8. The van der Waals surface area contributed by atoms with Crippen molar-refractivity contribution in [3.63, 3.8) is 0 Å². The summed E-state index contributed by atoms with van der Waals surface area (Å²) in [7, 11) is 0. The maximum Gasteiger partial charge on any atom is 0.335 e. The fraction of sp³-hybridized carbons (Fsp3) is 0.611. The first-order valence-corrected chi connectivity index (χ1v) is 18.9. The Labute approximate surface area is 395 Å². The number of carboxylic acids is 1. The van der Waals surface area contributed by atoms with Crippen molar-refractivity contribution in [1.82, 2.24) is 9.80 Å². The number of hydrogen-bond acceptors (Lipinski definition) is 3. The first-order chi connectivity index (χ1) is 23.3. The normalized spacial score (nSPS) is 12.1. The second kappa shape index (κ2) is 58.5. The molecular weight excluding hydrogens is 780 g/mol. The summed E-state index contributed by atoms with van der Waals surface area (Å²) >= 11 is 0. The molecular formula is C54H110Cl2N2O2. The monoisotopic (exact) mass is 889 g/mol. The van der Waals surface area contributed by atoms with Crippen molar-refractivity contribution in [2.45, 2.75) is 175 Å². The van der Waals surface area contributed by atoms with Gasteiger partial charge in [0.15, 0.2) is 0 Å². The van der Waals surface area contributed by atoms with E-state index in [-0.39, 0.29) is 91.7 Å². The Morgan fingerprint density at radius 2 is 0.967 bits per heavy atom. The van der Waals surface area contributed by atoms with Crippen LogP contribution in [0, 0.1) is 24.7 Å². The van der Waals surface area contributed by atoms with Crippen LogP contribution in [0.4, 0.5) is 0 Å². The van der Waals surface area contributed by atoms with E-state index in [1.807, 2.05) is 18.2 Å². The minimum Gasteiger partial charge on any atom is -1.00 e. The number of rotatable bonds is 13. The molecule has 2 aliphatic rings. The lowest BCUT2D eigenvalue weighted by Gasteiger charge is -2.13.